The number of nitrogens with one attached hydrogen (secondary N) is 2. The van der Waals surface area contributed by atoms with Gasteiger partial charge >= 0.3 is 12.1 Å². The van der Waals surface area contributed by atoms with Crippen molar-refractivity contribution >= 4 is 23.8 Å². The molecule has 2 aromatic heterocycles. The van der Waals surface area contributed by atoms with Gasteiger partial charge in [-0.15, -0.1) is 0 Å². The molecule has 328 valence electrons. The molecule has 0 aliphatic carbocycles. The second-order valence-electron chi connectivity index (χ2n) is 16.9. The number of methoxy groups -OCH3 is 1. The van der Waals surface area contributed by atoms with Crippen molar-refractivity contribution in [2.24, 2.45) is 17.8 Å². The Morgan fingerprint density at radius 3 is 2.41 bits per heavy atom. The molecule has 5 rings (SSSR count). The van der Waals surface area contributed by atoms with E-state index in [-0.39, 0.29) is 31.5 Å². The van der Waals surface area contributed by atoms with E-state index in [1.807, 2.05) is 32.8 Å². The first kappa shape index (κ1) is 46.0. The van der Waals surface area contributed by atoms with Crippen molar-refractivity contribution in [3.63, 3.8) is 0 Å². The number of hydrogen-bond acceptors (Lipinski definition) is 16. The first-order valence-corrected chi connectivity index (χ1v) is 20.6. The SMILES string of the molecule is CC[C@@H]1OC(=O)[C@H](C)C(=O)[C@H](C)[C@H](O[C@@H]2O[C@H](C)C[C@H](N(C)C)[C@H]2O)[C@@](C)(OC)C[C@@H](C)NC(=O)C(C)[C@H]2N(NCCCc3nc(-c4ccncc4)no3)C(=O)O[C@]12C. The number of aryl methyl sites for hydroxylation is 1. The zero-order valence-electron chi connectivity index (χ0n) is 36.2. The fourth-order valence-corrected chi connectivity index (χ4v) is 8.81. The van der Waals surface area contributed by atoms with Crippen LogP contribution in [0.3, 0.4) is 0 Å². The van der Waals surface area contributed by atoms with Crippen LogP contribution in [0.1, 0.15) is 87.0 Å². The Hall–Kier alpha value is -4.07. The number of pyridine rings is 1. The number of nitrogens with zero attached hydrogens (tertiary/aromatic N) is 5. The summed E-state index contributed by atoms with van der Waals surface area (Å²) in [4.78, 5) is 66.7. The first-order chi connectivity index (χ1) is 27.8. The number of ether oxygens (including phenoxy) is 5. The van der Waals surface area contributed by atoms with Gasteiger partial charge in [0.15, 0.2) is 17.7 Å². The van der Waals surface area contributed by atoms with E-state index in [4.69, 9.17) is 28.2 Å². The van der Waals surface area contributed by atoms with E-state index < -0.39 is 89.4 Å². The number of ketones is 1. The minimum Gasteiger partial charge on any atom is -0.458 e. The highest BCUT2D eigenvalue weighted by Gasteiger charge is 2.60. The lowest BCUT2D eigenvalue weighted by Gasteiger charge is -2.46. The fourth-order valence-electron chi connectivity index (χ4n) is 8.81. The van der Waals surface area contributed by atoms with Crippen molar-refractivity contribution in [1.82, 2.24) is 35.8 Å². The number of fused-ring (bicyclic) bond motifs is 1. The lowest BCUT2D eigenvalue weighted by molar-refractivity contribution is -0.295. The van der Waals surface area contributed by atoms with Crippen LogP contribution in [0.2, 0.25) is 0 Å². The Morgan fingerprint density at radius 1 is 1.07 bits per heavy atom. The summed E-state index contributed by atoms with van der Waals surface area (Å²) in [5.41, 5.74) is 1.15. The van der Waals surface area contributed by atoms with Gasteiger partial charge in [0.1, 0.15) is 24.2 Å². The molecule has 0 aromatic carbocycles. The molecule has 5 heterocycles. The number of hydrazine groups is 1. The molecular formula is C41H63N7O11. The van der Waals surface area contributed by atoms with Gasteiger partial charge in [-0.3, -0.25) is 19.4 Å². The van der Waals surface area contributed by atoms with Gasteiger partial charge in [-0.1, -0.05) is 25.9 Å². The summed E-state index contributed by atoms with van der Waals surface area (Å²) in [6, 6.07) is 1.76. The van der Waals surface area contributed by atoms with Crippen LogP contribution in [0.4, 0.5) is 4.79 Å². The number of aromatic nitrogens is 3. The molecule has 2 aromatic rings. The maximum Gasteiger partial charge on any atom is 0.425 e. The molecule has 18 nitrogen and oxygen atoms in total. The standard InChI is InChI=1S/C41H63N7O11/c1-12-29-41(8)33(48(39(53)58-41)43-17-13-14-30-45-35(46-59-30)27-15-18-42-19-16-27)26(6)36(51)44-22(2)21-40(7,54-11)34(24(4)31(49)25(5)37(52)56-29)57-38-32(50)28(47(9)10)20-23(3)55-38/h15-16,18-19,22-26,28-29,32-34,38,43,50H,12-14,17,20-21H2,1-11H3,(H,44,51)/t22-,23-,24+,25-,26?,28+,29+,32-,33-,34+,38+,40+,41-/m1/s1. The number of hydrogen-bond donors (Lipinski definition) is 3. The van der Waals surface area contributed by atoms with Gasteiger partial charge in [0, 0.05) is 56.0 Å². The third-order valence-electron chi connectivity index (χ3n) is 12.2. The van der Waals surface area contributed by atoms with Crippen molar-refractivity contribution in [1.29, 1.82) is 0 Å². The van der Waals surface area contributed by atoms with Gasteiger partial charge in [-0.2, -0.15) is 4.98 Å². The van der Waals surface area contributed by atoms with E-state index in [1.54, 1.807) is 59.1 Å². The molecule has 18 heteroatoms. The summed E-state index contributed by atoms with van der Waals surface area (Å²) in [6.45, 7) is 14.0. The molecule has 2 amide bonds. The zero-order chi connectivity index (χ0) is 43.4. The van der Waals surface area contributed by atoms with Crippen LogP contribution >= 0.6 is 0 Å². The Labute approximate surface area is 346 Å². The third kappa shape index (κ3) is 9.94. The summed E-state index contributed by atoms with van der Waals surface area (Å²) < 4.78 is 36.4. The molecule has 0 saturated carbocycles. The predicted molar refractivity (Wildman–Crippen MR) is 212 cm³/mol. The number of esters is 1. The van der Waals surface area contributed by atoms with Gasteiger partial charge < -0.3 is 43.5 Å². The fraction of sp³-hybridized carbons (Fsp3) is 0.732. The highest BCUT2D eigenvalue weighted by molar-refractivity contribution is 6.00. The van der Waals surface area contributed by atoms with Gasteiger partial charge in [-0.25, -0.2) is 15.2 Å². The van der Waals surface area contributed by atoms with Crippen molar-refractivity contribution in [2.45, 2.75) is 148 Å². The number of rotatable bonds is 11. The van der Waals surface area contributed by atoms with E-state index in [0.29, 0.717) is 31.0 Å². The molecule has 3 saturated heterocycles. The van der Waals surface area contributed by atoms with Gasteiger partial charge in [0.05, 0.1) is 23.7 Å². The monoisotopic (exact) mass is 829 g/mol. The number of cyclic esters (lactones) is 1. The van der Waals surface area contributed by atoms with Gasteiger partial charge in [0.2, 0.25) is 17.6 Å². The molecular weight excluding hydrogens is 766 g/mol. The third-order valence-corrected chi connectivity index (χ3v) is 12.2. The highest BCUT2D eigenvalue weighted by Crippen LogP contribution is 2.40. The van der Waals surface area contributed by atoms with Crippen LogP contribution in [0.5, 0.6) is 0 Å². The normalized spacial score (nSPS) is 36.4. The number of aliphatic hydroxyl groups is 1. The highest BCUT2D eigenvalue weighted by atomic mass is 16.7. The van der Waals surface area contributed by atoms with Crippen LogP contribution < -0.4 is 10.7 Å². The number of carbonyl (C=O) groups excluding carboxylic acids is 4. The number of carbonyl (C=O) groups is 4. The van der Waals surface area contributed by atoms with Crippen LogP contribution in [-0.4, -0.2) is 142 Å². The Bertz CT molecular complexity index is 1770. The second kappa shape index (κ2) is 19.1. The van der Waals surface area contributed by atoms with Crippen molar-refractivity contribution in [3.05, 3.63) is 30.4 Å². The Morgan fingerprint density at radius 2 is 1.76 bits per heavy atom. The number of aliphatic hydroxyl groups excluding tert-OH is 1. The van der Waals surface area contributed by atoms with Crippen molar-refractivity contribution in [2.75, 3.05) is 27.7 Å². The summed E-state index contributed by atoms with van der Waals surface area (Å²) in [5, 5.41) is 19.8. The lowest BCUT2D eigenvalue weighted by atomic mass is 9.79. The van der Waals surface area contributed by atoms with Crippen LogP contribution in [0.15, 0.2) is 29.0 Å². The molecule has 0 bridgehead atoms. The molecule has 0 spiro atoms. The topological polar surface area (TPSA) is 217 Å². The minimum absolute atomic E-state index is 0.161. The smallest absolute Gasteiger partial charge is 0.425 e. The Balaban J connectivity index is 1.41. The van der Waals surface area contributed by atoms with Gasteiger partial charge in [0.25, 0.3) is 0 Å². The van der Waals surface area contributed by atoms with E-state index in [0.717, 1.165) is 5.56 Å². The molecule has 13 atom stereocenters. The minimum atomic E-state index is -1.52. The lowest BCUT2D eigenvalue weighted by Crippen LogP contribution is -2.61. The molecule has 3 aliphatic rings. The van der Waals surface area contributed by atoms with Crippen LogP contribution in [-0.2, 0) is 44.5 Å². The maximum atomic E-state index is 14.3. The molecule has 3 aliphatic heterocycles. The molecule has 3 fully saturated rings. The summed E-state index contributed by atoms with van der Waals surface area (Å²) in [7, 11) is 5.22. The van der Waals surface area contributed by atoms with Crippen molar-refractivity contribution in [3.8, 4) is 11.4 Å². The van der Waals surface area contributed by atoms with Crippen LogP contribution in [0.25, 0.3) is 11.4 Å². The quantitative estimate of drug-likeness (QED) is 0.169. The summed E-state index contributed by atoms with van der Waals surface area (Å²) in [6.07, 6.45) is -0.208. The van der Waals surface area contributed by atoms with E-state index in [9.17, 15) is 24.3 Å². The number of amides is 2. The summed E-state index contributed by atoms with van der Waals surface area (Å²) in [5.74, 6) is -4.00. The summed E-state index contributed by atoms with van der Waals surface area (Å²) >= 11 is 0. The Kier molecular flexibility index (Phi) is 14.9. The first-order valence-electron chi connectivity index (χ1n) is 20.6. The second-order valence-corrected chi connectivity index (χ2v) is 16.9. The molecule has 3 N–H and O–H groups in total. The number of likely N-dealkylation sites (N-methyl/N-ethyl adjacent to an activating group) is 1. The van der Waals surface area contributed by atoms with Crippen molar-refractivity contribution < 1.29 is 52.5 Å². The predicted octanol–water partition coefficient (Wildman–Crippen LogP) is 3.07. The van der Waals surface area contributed by atoms with Gasteiger partial charge in [-0.05, 0) is 86.5 Å². The van der Waals surface area contributed by atoms with E-state index in [1.165, 1.54) is 19.0 Å². The number of Topliss-reactive ketones (excluding diaryl/α,β-unsaturated/α-hetero) is 1. The largest absolute Gasteiger partial charge is 0.458 e. The van der Waals surface area contributed by atoms with E-state index >= 15 is 0 Å². The average Bonchev–Trinajstić information content (AvgIpc) is 3.78. The average molecular weight is 830 g/mol. The molecule has 59 heavy (non-hydrogen) atoms. The molecule has 1 unspecified atom stereocenters. The van der Waals surface area contributed by atoms with E-state index in [2.05, 4.69) is 25.9 Å². The maximum absolute atomic E-state index is 14.3. The molecule has 0 radical (unpaired) electrons. The zero-order valence-corrected chi connectivity index (χ0v) is 36.2. The van der Waals surface area contributed by atoms with Crippen LogP contribution in [0, 0.1) is 17.8 Å².